The minimum absolute atomic E-state index is 1.02. The van der Waals surface area contributed by atoms with E-state index in [2.05, 4.69) is 19.7 Å². The van der Waals surface area contributed by atoms with E-state index >= 15 is 0 Å². The van der Waals surface area contributed by atoms with Crippen LogP contribution < -0.4 is 0 Å². The molecule has 0 saturated carbocycles. The molecule has 0 unspecified atom stereocenters. The van der Waals surface area contributed by atoms with Gasteiger partial charge in [0.25, 0.3) is 0 Å². The van der Waals surface area contributed by atoms with E-state index in [1.54, 1.807) is 6.08 Å². The van der Waals surface area contributed by atoms with Gasteiger partial charge in [-0.25, -0.2) is 5.26 Å². The lowest BCUT2D eigenvalue weighted by Gasteiger charge is -1.71. The predicted octanol–water partition coefficient (Wildman–Crippen LogP) is 1.89. The second-order valence-corrected chi connectivity index (χ2v) is 1.05. The molecule has 1 nitrogen and oxygen atoms in total. The summed E-state index contributed by atoms with van der Waals surface area (Å²) in [5, 5.41) is 6.50. The molecule has 0 spiro atoms. The van der Waals surface area contributed by atoms with Gasteiger partial charge in [0.05, 0.1) is 0 Å². The van der Waals surface area contributed by atoms with Crippen LogP contribution in [0.15, 0.2) is 24.8 Å². The van der Waals surface area contributed by atoms with Gasteiger partial charge >= 0.3 is 0 Å². The second-order valence-electron chi connectivity index (χ2n) is 1.05. The summed E-state index contributed by atoms with van der Waals surface area (Å²) in [6.07, 6.45) is 1.72. The lowest BCUT2D eigenvalue weighted by Crippen LogP contribution is -1.50. The normalized spacial score (nSPS) is 5.00. The van der Waals surface area contributed by atoms with Crippen LogP contribution >= 0.6 is 0 Å². The van der Waals surface area contributed by atoms with E-state index in [9.17, 15) is 0 Å². The van der Waals surface area contributed by atoms with E-state index in [1.807, 2.05) is 6.92 Å². The van der Waals surface area contributed by atoms with Crippen molar-refractivity contribution in [1.82, 2.24) is 0 Å². The van der Waals surface area contributed by atoms with Crippen molar-refractivity contribution in [3.63, 3.8) is 0 Å². The molecule has 7 heavy (non-hydrogen) atoms. The highest BCUT2D eigenvalue weighted by atomic mass is 14.2. The lowest BCUT2D eigenvalue weighted by molar-refractivity contribution is 1.58. The van der Waals surface area contributed by atoms with Gasteiger partial charge in [0.2, 0.25) is 0 Å². The first-order chi connectivity index (χ1) is 3.27. The Morgan fingerprint density at radius 3 is 1.86 bits per heavy atom. The third-order valence-corrected chi connectivity index (χ3v) is 0.348. The highest BCUT2D eigenvalue weighted by Gasteiger charge is 1.59. The molecule has 0 bridgehead atoms. The molecule has 0 heterocycles. The summed E-state index contributed by atoms with van der Waals surface area (Å²) >= 11 is 0. The molecule has 0 radical (unpaired) electrons. The van der Waals surface area contributed by atoms with Crippen LogP contribution in [0.1, 0.15) is 6.92 Å². The summed E-state index contributed by atoms with van der Waals surface area (Å²) in [7, 11) is 0. The first-order valence-electron chi connectivity index (χ1n) is 1.81. The van der Waals surface area contributed by atoms with E-state index in [-0.39, 0.29) is 0 Å². The van der Waals surface area contributed by atoms with Gasteiger partial charge < -0.3 is 0 Å². The molecule has 0 aliphatic rings. The molecular weight excluding hydrogens is 86.1 g/mol. The van der Waals surface area contributed by atoms with Crippen molar-refractivity contribution in [3.05, 3.63) is 24.8 Å². The maximum atomic E-state index is 6.50. The first-order valence-corrected chi connectivity index (χ1v) is 1.81. The fourth-order valence-electron chi connectivity index (χ4n) is 0. The van der Waals surface area contributed by atoms with Gasteiger partial charge in [0, 0.05) is 6.57 Å². The standard InChI is InChI=1S/C5H8.CHN/c1-4-5(2)3;1-2/h4H,1-2H2,3H3;1H. The summed E-state index contributed by atoms with van der Waals surface area (Å²) in [6, 6.07) is 0. The van der Waals surface area contributed by atoms with Gasteiger partial charge in [-0.2, -0.15) is 0 Å². The molecule has 0 atom stereocenters. The highest BCUT2D eigenvalue weighted by molar-refractivity contribution is 5.05. The van der Waals surface area contributed by atoms with Crippen molar-refractivity contribution in [3.8, 4) is 6.57 Å². The van der Waals surface area contributed by atoms with Gasteiger partial charge in [-0.1, -0.05) is 24.8 Å². The minimum atomic E-state index is 1.02. The van der Waals surface area contributed by atoms with Crippen molar-refractivity contribution < 1.29 is 0 Å². The van der Waals surface area contributed by atoms with Crippen LogP contribution in [0.4, 0.5) is 0 Å². The highest BCUT2D eigenvalue weighted by Crippen LogP contribution is 1.81. The smallest absolute Gasteiger partial charge is 0.0462 e. The molecule has 38 valence electrons. The van der Waals surface area contributed by atoms with Gasteiger partial charge in [0.15, 0.2) is 0 Å². The molecular formula is C6H9N. The molecule has 0 aromatic carbocycles. The molecule has 0 amide bonds. The predicted molar refractivity (Wildman–Crippen MR) is 31.7 cm³/mol. The Morgan fingerprint density at radius 1 is 1.71 bits per heavy atom. The first kappa shape index (κ1) is 9.36. The molecule has 0 saturated heterocycles. The van der Waals surface area contributed by atoms with Crippen LogP contribution in [0.2, 0.25) is 0 Å². The largest absolute Gasteiger partial charge is 0.202 e. The zero-order valence-corrected chi connectivity index (χ0v) is 4.52. The average Bonchev–Trinajstić information content (AvgIpc) is 1.73. The Bertz CT molecular complexity index is 79.4. The molecule has 0 aliphatic heterocycles. The number of nitriles is 1. The van der Waals surface area contributed by atoms with E-state index in [0.717, 1.165) is 5.57 Å². The molecule has 0 aromatic heterocycles. The van der Waals surface area contributed by atoms with Crippen LogP contribution in [0, 0.1) is 11.8 Å². The fraction of sp³-hybridized carbons (Fsp3) is 0.167. The Labute approximate surface area is 44.6 Å². The maximum absolute atomic E-state index is 6.50. The minimum Gasteiger partial charge on any atom is -0.202 e. The topological polar surface area (TPSA) is 23.8 Å². The molecule has 0 rings (SSSR count). The zero-order chi connectivity index (χ0) is 6.28. The molecule has 0 aliphatic carbocycles. The van der Waals surface area contributed by atoms with Crippen molar-refractivity contribution in [2.24, 2.45) is 0 Å². The van der Waals surface area contributed by atoms with Crippen LogP contribution in [0.3, 0.4) is 0 Å². The second kappa shape index (κ2) is 8.88. The van der Waals surface area contributed by atoms with Gasteiger partial charge in [-0.3, -0.25) is 0 Å². The van der Waals surface area contributed by atoms with Gasteiger partial charge in [-0.15, -0.1) is 0 Å². The van der Waals surface area contributed by atoms with E-state index in [0.29, 0.717) is 0 Å². The third kappa shape index (κ3) is 46.6. The van der Waals surface area contributed by atoms with Crippen molar-refractivity contribution >= 4 is 0 Å². The van der Waals surface area contributed by atoms with Crippen LogP contribution in [-0.2, 0) is 0 Å². The monoisotopic (exact) mass is 95.1 g/mol. The quantitative estimate of drug-likeness (QED) is 0.456. The zero-order valence-electron chi connectivity index (χ0n) is 4.52. The van der Waals surface area contributed by atoms with Crippen molar-refractivity contribution in [1.29, 1.82) is 5.26 Å². The fourth-order valence-corrected chi connectivity index (χ4v) is 0. The van der Waals surface area contributed by atoms with Crippen LogP contribution in [0.5, 0.6) is 0 Å². The summed E-state index contributed by atoms with van der Waals surface area (Å²) < 4.78 is 0. The Balaban J connectivity index is 0. The van der Waals surface area contributed by atoms with E-state index in [1.165, 1.54) is 0 Å². The van der Waals surface area contributed by atoms with Crippen molar-refractivity contribution in [2.45, 2.75) is 6.92 Å². The number of hydrogen-bond acceptors (Lipinski definition) is 1. The summed E-state index contributed by atoms with van der Waals surface area (Å²) in [5.74, 6) is 0. The molecule has 0 aromatic rings. The van der Waals surface area contributed by atoms with Crippen LogP contribution in [0.25, 0.3) is 0 Å². The molecule has 0 N–H and O–H groups in total. The number of hydrogen-bond donors (Lipinski definition) is 0. The van der Waals surface area contributed by atoms with Crippen LogP contribution in [-0.4, -0.2) is 0 Å². The maximum Gasteiger partial charge on any atom is 0.0462 e. The number of allylic oxidation sites excluding steroid dienone is 2. The summed E-state index contributed by atoms with van der Waals surface area (Å²) in [5.41, 5.74) is 1.02. The summed E-state index contributed by atoms with van der Waals surface area (Å²) in [4.78, 5) is 0. The van der Waals surface area contributed by atoms with Gasteiger partial charge in [0.1, 0.15) is 0 Å². The molecule has 1 heteroatoms. The number of rotatable bonds is 1. The Morgan fingerprint density at radius 2 is 1.86 bits per heavy atom. The third-order valence-electron chi connectivity index (χ3n) is 0.348. The average molecular weight is 95.1 g/mol. The number of nitrogens with zero attached hydrogens (tertiary/aromatic N) is 1. The van der Waals surface area contributed by atoms with Crippen molar-refractivity contribution in [2.75, 3.05) is 0 Å². The van der Waals surface area contributed by atoms with E-state index in [4.69, 9.17) is 5.26 Å². The Hall–Kier alpha value is -1.03. The Kier molecular flexibility index (Phi) is 11.9. The SMILES string of the molecule is C#N.C=CC(=C)C. The van der Waals surface area contributed by atoms with E-state index < -0.39 is 0 Å². The lowest BCUT2D eigenvalue weighted by atomic mass is 10.4. The summed E-state index contributed by atoms with van der Waals surface area (Å²) in [6.45, 7) is 12.4. The van der Waals surface area contributed by atoms with Gasteiger partial charge in [-0.05, 0) is 6.92 Å². The molecule has 0 fully saturated rings.